The van der Waals surface area contributed by atoms with Crippen molar-refractivity contribution >= 4 is 5.97 Å². The van der Waals surface area contributed by atoms with Gasteiger partial charge in [-0.1, -0.05) is 6.92 Å². The van der Waals surface area contributed by atoms with Gasteiger partial charge in [-0.15, -0.1) is 0 Å². The molecule has 0 N–H and O–H groups in total. The summed E-state index contributed by atoms with van der Waals surface area (Å²) in [6, 6.07) is 11.4. The van der Waals surface area contributed by atoms with E-state index in [1.54, 1.807) is 0 Å². The third kappa shape index (κ3) is 2.97. The molecule has 0 fully saturated rings. The Hall–Kier alpha value is -2.03. The van der Waals surface area contributed by atoms with Crippen LogP contribution in [0.3, 0.4) is 0 Å². The quantitative estimate of drug-likeness (QED) is 0.595. The molecule has 0 bridgehead atoms. The lowest BCUT2D eigenvalue weighted by Crippen LogP contribution is -2.06. The lowest BCUT2D eigenvalue weighted by Gasteiger charge is -2.06. The zero-order chi connectivity index (χ0) is 12.1. The van der Waals surface area contributed by atoms with E-state index >= 15 is 0 Å². The Morgan fingerprint density at radius 2 is 1.82 bits per heavy atom. The van der Waals surface area contributed by atoms with Crippen LogP contribution in [0.15, 0.2) is 48.8 Å². The molecular formula is C14H15NO2. The maximum absolute atomic E-state index is 11.3. The number of rotatable bonds is 4. The van der Waals surface area contributed by atoms with Crippen molar-refractivity contribution in [3.63, 3.8) is 0 Å². The summed E-state index contributed by atoms with van der Waals surface area (Å²) in [5.74, 6) is 0.417. The molecule has 0 saturated carbocycles. The highest BCUT2D eigenvalue weighted by molar-refractivity contribution is 5.72. The molecule has 0 aliphatic rings. The van der Waals surface area contributed by atoms with Gasteiger partial charge in [0.15, 0.2) is 0 Å². The largest absolute Gasteiger partial charge is 0.427 e. The van der Waals surface area contributed by atoms with Gasteiger partial charge in [0.2, 0.25) is 0 Å². The van der Waals surface area contributed by atoms with Gasteiger partial charge in [0.25, 0.3) is 0 Å². The summed E-state index contributed by atoms with van der Waals surface area (Å²) >= 11 is 0. The Morgan fingerprint density at radius 1 is 1.18 bits per heavy atom. The number of nitrogens with zero attached hydrogens (tertiary/aromatic N) is 1. The van der Waals surface area contributed by atoms with Crippen molar-refractivity contribution in [2.45, 2.75) is 19.8 Å². The predicted molar refractivity (Wildman–Crippen MR) is 66.3 cm³/mol. The van der Waals surface area contributed by atoms with Crippen LogP contribution in [0.25, 0.3) is 5.69 Å². The first-order chi connectivity index (χ1) is 8.29. The zero-order valence-corrected chi connectivity index (χ0v) is 9.80. The van der Waals surface area contributed by atoms with E-state index in [0.29, 0.717) is 12.2 Å². The molecular weight excluding hydrogens is 214 g/mol. The van der Waals surface area contributed by atoms with Gasteiger partial charge in [-0.2, -0.15) is 0 Å². The van der Waals surface area contributed by atoms with Crippen molar-refractivity contribution in [3.8, 4) is 11.4 Å². The predicted octanol–water partition coefficient (Wildman–Crippen LogP) is 3.18. The van der Waals surface area contributed by atoms with Crippen molar-refractivity contribution in [1.29, 1.82) is 0 Å². The number of esters is 1. The van der Waals surface area contributed by atoms with Crippen LogP contribution < -0.4 is 4.74 Å². The second-order valence-corrected chi connectivity index (χ2v) is 3.81. The summed E-state index contributed by atoms with van der Waals surface area (Å²) < 4.78 is 7.18. The van der Waals surface area contributed by atoms with Crippen LogP contribution in [-0.2, 0) is 4.79 Å². The summed E-state index contributed by atoms with van der Waals surface area (Å²) in [6.07, 6.45) is 5.20. The maximum atomic E-state index is 11.3. The molecule has 88 valence electrons. The summed E-state index contributed by atoms with van der Waals surface area (Å²) in [7, 11) is 0. The number of ether oxygens (including phenoxy) is 1. The van der Waals surface area contributed by atoms with E-state index in [1.165, 1.54) is 0 Å². The van der Waals surface area contributed by atoms with Crippen LogP contribution in [0.1, 0.15) is 19.8 Å². The van der Waals surface area contributed by atoms with Gasteiger partial charge in [-0.3, -0.25) is 4.79 Å². The number of hydrogen-bond acceptors (Lipinski definition) is 2. The number of carbonyl (C=O) groups excluding carboxylic acids is 1. The summed E-state index contributed by atoms with van der Waals surface area (Å²) in [5, 5.41) is 0. The number of benzene rings is 1. The van der Waals surface area contributed by atoms with E-state index < -0.39 is 0 Å². The van der Waals surface area contributed by atoms with Crippen molar-refractivity contribution in [2.24, 2.45) is 0 Å². The highest BCUT2D eigenvalue weighted by Crippen LogP contribution is 2.16. The molecule has 0 spiro atoms. The smallest absolute Gasteiger partial charge is 0.311 e. The highest BCUT2D eigenvalue weighted by atomic mass is 16.5. The lowest BCUT2D eigenvalue weighted by molar-refractivity contribution is -0.134. The van der Waals surface area contributed by atoms with Crippen molar-refractivity contribution in [1.82, 2.24) is 4.57 Å². The SMILES string of the molecule is CCCC(=O)Oc1ccc(-n2cccc2)cc1. The van der Waals surface area contributed by atoms with Gasteiger partial charge in [0, 0.05) is 24.5 Å². The van der Waals surface area contributed by atoms with E-state index in [1.807, 2.05) is 60.3 Å². The van der Waals surface area contributed by atoms with Crippen molar-refractivity contribution in [2.75, 3.05) is 0 Å². The average molecular weight is 229 g/mol. The molecule has 0 amide bonds. The van der Waals surface area contributed by atoms with E-state index in [4.69, 9.17) is 4.74 Å². The van der Waals surface area contributed by atoms with E-state index in [-0.39, 0.29) is 5.97 Å². The molecule has 0 aliphatic heterocycles. The van der Waals surface area contributed by atoms with Crippen LogP contribution in [-0.4, -0.2) is 10.5 Å². The molecule has 0 atom stereocenters. The zero-order valence-electron chi connectivity index (χ0n) is 9.80. The standard InChI is InChI=1S/C14H15NO2/c1-2-5-14(16)17-13-8-6-12(7-9-13)15-10-3-4-11-15/h3-4,6-11H,2,5H2,1H3. The molecule has 0 radical (unpaired) electrons. The molecule has 2 aromatic rings. The van der Waals surface area contributed by atoms with Gasteiger partial charge in [0.05, 0.1) is 0 Å². The molecule has 0 aliphatic carbocycles. The molecule has 0 saturated heterocycles. The van der Waals surface area contributed by atoms with Gasteiger partial charge < -0.3 is 9.30 Å². The fourth-order valence-corrected chi connectivity index (χ4v) is 1.58. The lowest BCUT2D eigenvalue weighted by atomic mass is 10.3. The Morgan fingerprint density at radius 3 is 2.41 bits per heavy atom. The minimum absolute atomic E-state index is 0.179. The van der Waals surface area contributed by atoms with E-state index in [2.05, 4.69) is 0 Å². The van der Waals surface area contributed by atoms with Gasteiger partial charge >= 0.3 is 5.97 Å². The van der Waals surface area contributed by atoms with Crippen LogP contribution in [0, 0.1) is 0 Å². The molecule has 0 unspecified atom stereocenters. The average Bonchev–Trinajstić information content (AvgIpc) is 2.84. The van der Waals surface area contributed by atoms with Gasteiger partial charge in [-0.25, -0.2) is 0 Å². The van der Waals surface area contributed by atoms with E-state index in [0.717, 1.165) is 12.1 Å². The fourth-order valence-electron chi connectivity index (χ4n) is 1.58. The molecule has 3 heteroatoms. The summed E-state index contributed by atoms with van der Waals surface area (Å²) in [4.78, 5) is 11.3. The van der Waals surface area contributed by atoms with Crippen LogP contribution >= 0.6 is 0 Å². The third-order valence-corrected chi connectivity index (χ3v) is 2.43. The first-order valence-corrected chi connectivity index (χ1v) is 5.73. The first kappa shape index (κ1) is 11.5. The second kappa shape index (κ2) is 5.34. The second-order valence-electron chi connectivity index (χ2n) is 3.81. The molecule has 1 aromatic heterocycles. The van der Waals surface area contributed by atoms with E-state index in [9.17, 15) is 4.79 Å². The first-order valence-electron chi connectivity index (χ1n) is 5.73. The van der Waals surface area contributed by atoms with Crippen molar-refractivity contribution < 1.29 is 9.53 Å². The minimum Gasteiger partial charge on any atom is -0.427 e. The van der Waals surface area contributed by atoms with Crippen LogP contribution in [0.5, 0.6) is 5.75 Å². The van der Waals surface area contributed by atoms with Crippen LogP contribution in [0.4, 0.5) is 0 Å². The third-order valence-electron chi connectivity index (χ3n) is 2.43. The van der Waals surface area contributed by atoms with Crippen LogP contribution in [0.2, 0.25) is 0 Å². The number of hydrogen-bond donors (Lipinski definition) is 0. The summed E-state index contributed by atoms with van der Waals surface area (Å²) in [5.41, 5.74) is 1.05. The molecule has 2 rings (SSSR count). The summed E-state index contributed by atoms with van der Waals surface area (Å²) in [6.45, 7) is 1.95. The molecule has 1 heterocycles. The normalized spacial score (nSPS) is 10.2. The Bertz CT molecular complexity index is 471. The molecule has 17 heavy (non-hydrogen) atoms. The fraction of sp³-hybridized carbons (Fsp3) is 0.214. The monoisotopic (exact) mass is 229 g/mol. The number of aromatic nitrogens is 1. The Kier molecular flexibility index (Phi) is 3.60. The number of carbonyl (C=O) groups is 1. The van der Waals surface area contributed by atoms with Crippen molar-refractivity contribution in [3.05, 3.63) is 48.8 Å². The molecule has 3 nitrogen and oxygen atoms in total. The Balaban J connectivity index is 2.06. The highest BCUT2D eigenvalue weighted by Gasteiger charge is 2.03. The Labute approximate surface area is 101 Å². The molecule has 1 aromatic carbocycles. The van der Waals surface area contributed by atoms with Gasteiger partial charge in [0.1, 0.15) is 5.75 Å². The maximum Gasteiger partial charge on any atom is 0.311 e. The minimum atomic E-state index is -0.179. The topological polar surface area (TPSA) is 31.2 Å². The van der Waals surface area contributed by atoms with Gasteiger partial charge in [-0.05, 0) is 42.8 Å².